The molecule has 1 N–H and O–H groups in total. The minimum atomic E-state index is -0.0811. The molecule has 2 fully saturated rings. The second kappa shape index (κ2) is 6.53. The SMILES string of the molecule is COC(=O)C(C)CN(CC1CCCNC1)C1CC1. The second-order valence-corrected chi connectivity index (χ2v) is 5.82. The quantitative estimate of drug-likeness (QED) is 0.725. The van der Waals surface area contributed by atoms with Gasteiger partial charge in [-0.2, -0.15) is 0 Å². The van der Waals surface area contributed by atoms with Crippen LogP contribution in [0, 0.1) is 11.8 Å². The van der Waals surface area contributed by atoms with Crippen molar-refractivity contribution >= 4 is 5.97 Å². The Morgan fingerprint density at radius 2 is 2.22 bits per heavy atom. The first-order valence-electron chi connectivity index (χ1n) is 7.23. The van der Waals surface area contributed by atoms with Crippen LogP contribution in [0.15, 0.2) is 0 Å². The molecule has 2 rings (SSSR count). The van der Waals surface area contributed by atoms with Gasteiger partial charge in [-0.15, -0.1) is 0 Å². The van der Waals surface area contributed by atoms with Gasteiger partial charge >= 0.3 is 5.97 Å². The van der Waals surface area contributed by atoms with Crippen molar-refractivity contribution in [3.05, 3.63) is 0 Å². The molecule has 0 amide bonds. The fourth-order valence-electron chi connectivity index (χ4n) is 2.85. The molecule has 1 aliphatic carbocycles. The van der Waals surface area contributed by atoms with Crippen molar-refractivity contribution < 1.29 is 9.53 Å². The summed E-state index contributed by atoms with van der Waals surface area (Å²) < 4.78 is 4.83. The van der Waals surface area contributed by atoms with Crippen molar-refractivity contribution in [2.75, 3.05) is 33.3 Å². The van der Waals surface area contributed by atoms with Crippen molar-refractivity contribution in [2.24, 2.45) is 11.8 Å². The minimum Gasteiger partial charge on any atom is -0.469 e. The standard InChI is InChI=1S/C14H26N2O2/c1-11(14(17)18-2)9-16(13-5-6-13)10-12-4-3-7-15-8-12/h11-13,15H,3-10H2,1-2H3. The molecule has 4 heteroatoms. The molecule has 2 aliphatic rings. The number of ether oxygens (including phenoxy) is 1. The highest BCUT2D eigenvalue weighted by atomic mass is 16.5. The van der Waals surface area contributed by atoms with E-state index in [-0.39, 0.29) is 11.9 Å². The Balaban J connectivity index is 1.81. The second-order valence-electron chi connectivity index (χ2n) is 5.82. The van der Waals surface area contributed by atoms with Crippen LogP contribution in [0.1, 0.15) is 32.6 Å². The van der Waals surface area contributed by atoms with Gasteiger partial charge < -0.3 is 10.1 Å². The molecular weight excluding hydrogens is 228 g/mol. The van der Waals surface area contributed by atoms with E-state index in [1.165, 1.54) is 39.3 Å². The van der Waals surface area contributed by atoms with Crippen molar-refractivity contribution in [1.82, 2.24) is 10.2 Å². The average Bonchev–Trinajstić information content (AvgIpc) is 3.22. The van der Waals surface area contributed by atoms with Gasteiger partial charge in [0.25, 0.3) is 0 Å². The summed E-state index contributed by atoms with van der Waals surface area (Å²) in [4.78, 5) is 14.0. The Bertz CT molecular complexity index is 273. The number of piperidine rings is 1. The monoisotopic (exact) mass is 254 g/mol. The smallest absolute Gasteiger partial charge is 0.309 e. The van der Waals surface area contributed by atoms with E-state index >= 15 is 0 Å². The van der Waals surface area contributed by atoms with Gasteiger partial charge in [0.2, 0.25) is 0 Å². The van der Waals surface area contributed by atoms with Gasteiger partial charge in [0, 0.05) is 19.1 Å². The van der Waals surface area contributed by atoms with Crippen LogP contribution >= 0.6 is 0 Å². The molecule has 0 spiro atoms. The Morgan fingerprint density at radius 1 is 1.44 bits per heavy atom. The van der Waals surface area contributed by atoms with E-state index in [1.54, 1.807) is 0 Å². The van der Waals surface area contributed by atoms with Gasteiger partial charge in [0.15, 0.2) is 0 Å². The lowest BCUT2D eigenvalue weighted by molar-refractivity contribution is -0.145. The number of rotatable bonds is 6. The molecule has 0 aromatic rings. The van der Waals surface area contributed by atoms with Crippen LogP contribution in [-0.4, -0.2) is 50.2 Å². The van der Waals surface area contributed by atoms with Crippen molar-refractivity contribution in [2.45, 2.75) is 38.6 Å². The maximum atomic E-state index is 11.5. The molecule has 1 saturated carbocycles. The summed E-state index contributed by atoms with van der Waals surface area (Å²) in [5, 5.41) is 3.47. The van der Waals surface area contributed by atoms with Gasteiger partial charge in [0.1, 0.15) is 0 Å². The number of esters is 1. The summed E-state index contributed by atoms with van der Waals surface area (Å²) in [7, 11) is 1.48. The molecular formula is C14H26N2O2. The molecule has 1 saturated heterocycles. The van der Waals surface area contributed by atoms with E-state index in [0.717, 1.165) is 31.6 Å². The summed E-state index contributed by atoms with van der Waals surface area (Å²) >= 11 is 0. The molecule has 2 atom stereocenters. The highest BCUT2D eigenvalue weighted by Crippen LogP contribution is 2.29. The van der Waals surface area contributed by atoms with E-state index in [1.807, 2.05) is 6.92 Å². The third-order valence-electron chi connectivity index (χ3n) is 4.07. The van der Waals surface area contributed by atoms with Crippen LogP contribution in [0.25, 0.3) is 0 Å². The molecule has 0 bridgehead atoms. The lowest BCUT2D eigenvalue weighted by atomic mass is 9.98. The van der Waals surface area contributed by atoms with Gasteiger partial charge in [-0.05, 0) is 44.7 Å². The van der Waals surface area contributed by atoms with Gasteiger partial charge in [-0.25, -0.2) is 0 Å². The van der Waals surface area contributed by atoms with Gasteiger partial charge in [-0.1, -0.05) is 6.92 Å². The fraction of sp³-hybridized carbons (Fsp3) is 0.929. The first kappa shape index (κ1) is 13.8. The van der Waals surface area contributed by atoms with Crippen LogP contribution in [0.5, 0.6) is 0 Å². The number of carbonyl (C=O) groups is 1. The van der Waals surface area contributed by atoms with Gasteiger partial charge in [-0.3, -0.25) is 9.69 Å². The van der Waals surface area contributed by atoms with Crippen molar-refractivity contribution in [3.8, 4) is 0 Å². The summed E-state index contributed by atoms with van der Waals surface area (Å²) in [6.45, 7) is 6.27. The zero-order valence-electron chi connectivity index (χ0n) is 11.7. The number of carbonyl (C=O) groups excluding carboxylic acids is 1. The summed E-state index contributed by atoms with van der Waals surface area (Å²) in [6, 6.07) is 0.721. The zero-order chi connectivity index (χ0) is 13.0. The van der Waals surface area contributed by atoms with Crippen LogP contribution in [0.3, 0.4) is 0 Å². The maximum absolute atomic E-state index is 11.5. The highest BCUT2D eigenvalue weighted by Gasteiger charge is 2.32. The number of hydrogen-bond donors (Lipinski definition) is 1. The van der Waals surface area contributed by atoms with E-state index in [4.69, 9.17) is 4.74 Å². The van der Waals surface area contributed by atoms with Crippen molar-refractivity contribution in [1.29, 1.82) is 0 Å². The Labute approximate surface area is 110 Å². The largest absolute Gasteiger partial charge is 0.469 e. The predicted octanol–water partition coefficient (Wildman–Crippen LogP) is 1.26. The van der Waals surface area contributed by atoms with Crippen molar-refractivity contribution in [3.63, 3.8) is 0 Å². The number of methoxy groups -OCH3 is 1. The summed E-state index contributed by atoms with van der Waals surface area (Å²) in [5.74, 6) is 0.666. The molecule has 0 radical (unpaired) electrons. The molecule has 1 heterocycles. The van der Waals surface area contributed by atoms with Crippen LogP contribution in [0.4, 0.5) is 0 Å². The minimum absolute atomic E-state index is 0.00727. The fourth-order valence-corrected chi connectivity index (χ4v) is 2.85. The Morgan fingerprint density at radius 3 is 2.78 bits per heavy atom. The predicted molar refractivity (Wildman–Crippen MR) is 71.4 cm³/mol. The molecule has 2 unspecified atom stereocenters. The number of hydrogen-bond acceptors (Lipinski definition) is 4. The Hall–Kier alpha value is -0.610. The van der Waals surface area contributed by atoms with Crippen LogP contribution in [0.2, 0.25) is 0 Å². The average molecular weight is 254 g/mol. The lowest BCUT2D eigenvalue weighted by Crippen LogP contribution is -2.42. The van der Waals surface area contributed by atoms with Gasteiger partial charge in [0.05, 0.1) is 13.0 Å². The number of nitrogens with one attached hydrogen (secondary N) is 1. The highest BCUT2D eigenvalue weighted by molar-refractivity contribution is 5.72. The van der Waals surface area contributed by atoms with Crippen LogP contribution in [-0.2, 0) is 9.53 Å². The molecule has 104 valence electrons. The lowest BCUT2D eigenvalue weighted by Gasteiger charge is -2.31. The topological polar surface area (TPSA) is 41.6 Å². The van der Waals surface area contributed by atoms with E-state index in [0.29, 0.717) is 0 Å². The Kier molecular flexibility index (Phi) is 5.01. The molecule has 0 aromatic carbocycles. The van der Waals surface area contributed by atoms with E-state index in [9.17, 15) is 4.79 Å². The third kappa shape index (κ3) is 3.95. The molecule has 1 aliphatic heterocycles. The zero-order valence-corrected chi connectivity index (χ0v) is 11.7. The van der Waals surface area contributed by atoms with Crippen LogP contribution < -0.4 is 5.32 Å². The molecule has 4 nitrogen and oxygen atoms in total. The van der Waals surface area contributed by atoms with E-state index < -0.39 is 0 Å². The maximum Gasteiger partial charge on any atom is 0.309 e. The third-order valence-corrected chi connectivity index (χ3v) is 4.07. The summed E-state index contributed by atoms with van der Waals surface area (Å²) in [6.07, 6.45) is 5.21. The normalized spacial score (nSPS) is 26.1. The first-order valence-corrected chi connectivity index (χ1v) is 7.23. The number of nitrogens with zero attached hydrogens (tertiary/aromatic N) is 1. The first-order chi connectivity index (χ1) is 8.70. The van der Waals surface area contributed by atoms with E-state index in [2.05, 4.69) is 10.2 Å². The molecule has 18 heavy (non-hydrogen) atoms. The molecule has 0 aromatic heterocycles. The summed E-state index contributed by atoms with van der Waals surface area (Å²) in [5.41, 5.74) is 0.